The minimum atomic E-state index is -1.86. The van der Waals surface area contributed by atoms with E-state index >= 15 is 0 Å². The van der Waals surface area contributed by atoms with E-state index in [4.69, 9.17) is 0 Å². The maximum Gasteiger partial charge on any atom is 0.228 e. The normalized spacial score (nSPS) is 12.2. The van der Waals surface area contributed by atoms with E-state index in [1.54, 1.807) is 0 Å². The molecule has 6 nitrogen and oxygen atoms in total. The van der Waals surface area contributed by atoms with Gasteiger partial charge in [0.25, 0.3) is 0 Å². The average Bonchev–Trinajstić information content (AvgIpc) is 2.68. The van der Waals surface area contributed by atoms with Crippen molar-refractivity contribution in [3.63, 3.8) is 0 Å². The van der Waals surface area contributed by atoms with Crippen molar-refractivity contribution in [1.82, 2.24) is 4.90 Å². The lowest BCUT2D eigenvalue weighted by Gasteiger charge is -2.17. The summed E-state index contributed by atoms with van der Waals surface area (Å²) in [6.07, 6.45) is 0.774. The van der Waals surface area contributed by atoms with Crippen LogP contribution in [0.3, 0.4) is 0 Å². The molecule has 0 heterocycles. The van der Waals surface area contributed by atoms with E-state index in [9.17, 15) is 14.3 Å². The fourth-order valence-electron chi connectivity index (χ4n) is 3.31. The van der Waals surface area contributed by atoms with Crippen LogP contribution in [0.1, 0.15) is 54.5 Å². The highest BCUT2D eigenvalue weighted by atomic mass is 32.2. The Balaban J connectivity index is 2.17. The average molecular weight is 426 g/mol. The van der Waals surface area contributed by atoms with Gasteiger partial charge in [0, 0.05) is 12.2 Å². The fraction of sp³-hybridized carbons (Fsp3) is 0.391. The van der Waals surface area contributed by atoms with Crippen LogP contribution in [0.25, 0.3) is 0 Å². The number of amides is 1. The van der Waals surface area contributed by atoms with Crippen molar-refractivity contribution in [2.24, 2.45) is 4.36 Å². The lowest BCUT2D eigenvalue weighted by molar-refractivity contribution is -0.117. The van der Waals surface area contributed by atoms with Gasteiger partial charge in [-0.1, -0.05) is 43.7 Å². The monoisotopic (exact) mass is 425 g/mol. The first-order chi connectivity index (χ1) is 14.2. The summed E-state index contributed by atoms with van der Waals surface area (Å²) in [5.41, 5.74) is 5.17. The standard InChI is InChI=1S/C23H29N4O2S/c1-6-19-11-18(14-24)12-21(16(2)3)22(19)13-23(28)26-30(29)25-20-9-7-17(8-10-20)15-27(4)5/h7-12,16H,6,13,15H2,1-5H3,(H,25,26,28,29)/q-1. The van der Waals surface area contributed by atoms with Gasteiger partial charge in [0.1, 0.15) is 0 Å². The van der Waals surface area contributed by atoms with Crippen molar-refractivity contribution < 1.29 is 9.00 Å². The number of hydrogen-bond donors (Lipinski definition) is 1. The minimum absolute atomic E-state index is 0.0671. The smallest absolute Gasteiger partial charge is 0.228 e. The maximum absolute atomic E-state index is 12.5. The molecule has 0 aliphatic rings. The maximum atomic E-state index is 12.5. The van der Waals surface area contributed by atoms with Crippen LogP contribution in [-0.2, 0) is 39.2 Å². The van der Waals surface area contributed by atoms with Crippen LogP contribution in [0.4, 0.5) is 5.69 Å². The van der Waals surface area contributed by atoms with Crippen LogP contribution >= 0.6 is 0 Å². The minimum Gasteiger partial charge on any atom is -0.435 e. The highest BCUT2D eigenvalue weighted by Crippen LogP contribution is 2.26. The Morgan fingerprint density at radius 3 is 2.43 bits per heavy atom. The predicted molar refractivity (Wildman–Crippen MR) is 121 cm³/mol. The molecule has 30 heavy (non-hydrogen) atoms. The van der Waals surface area contributed by atoms with Gasteiger partial charge in [-0.15, -0.1) is 0 Å². The van der Waals surface area contributed by atoms with Gasteiger partial charge >= 0.3 is 0 Å². The molecular weight excluding hydrogens is 396 g/mol. The zero-order chi connectivity index (χ0) is 22.3. The van der Waals surface area contributed by atoms with Crippen molar-refractivity contribution in [3.05, 3.63) is 64.2 Å². The molecule has 1 N–H and O–H groups in total. The summed E-state index contributed by atoms with van der Waals surface area (Å²) < 4.78 is 18.9. The number of hydrogen-bond acceptors (Lipinski definition) is 5. The number of nitrogens with one attached hydrogen (secondary N) is 1. The number of nitriles is 1. The summed E-state index contributed by atoms with van der Waals surface area (Å²) in [4.78, 5) is 14.6. The van der Waals surface area contributed by atoms with E-state index in [-0.39, 0.29) is 12.3 Å². The molecule has 7 heteroatoms. The third-order valence-corrected chi connectivity index (χ3v) is 5.46. The second-order valence-corrected chi connectivity index (χ2v) is 8.66. The van der Waals surface area contributed by atoms with Crippen molar-refractivity contribution >= 4 is 22.4 Å². The summed E-state index contributed by atoms with van der Waals surface area (Å²) in [5, 5.41) is 9.27. The molecule has 160 valence electrons. The highest BCUT2D eigenvalue weighted by molar-refractivity contribution is 7.76. The molecule has 2 aromatic carbocycles. The van der Waals surface area contributed by atoms with Crippen LogP contribution in [0, 0.1) is 11.3 Å². The van der Waals surface area contributed by atoms with Crippen molar-refractivity contribution in [1.29, 1.82) is 5.26 Å². The van der Waals surface area contributed by atoms with Gasteiger partial charge in [-0.3, -0.25) is 4.79 Å². The topological polar surface area (TPSA) is 85.6 Å². The first-order valence-electron chi connectivity index (χ1n) is 9.96. The van der Waals surface area contributed by atoms with Gasteiger partial charge < -0.3 is 18.2 Å². The summed E-state index contributed by atoms with van der Waals surface area (Å²) >= 11 is 0. The Hall–Kier alpha value is -2.69. The number of rotatable bonds is 8. The molecule has 0 fully saturated rings. The van der Waals surface area contributed by atoms with E-state index in [0.29, 0.717) is 17.7 Å². The lowest BCUT2D eigenvalue weighted by atomic mass is 9.88. The summed E-state index contributed by atoms with van der Waals surface area (Å²) in [5.74, 6) is -0.290. The van der Waals surface area contributed by atoms with Crippen LogP contribution in [-0.4, -0.2) is 24.9 Å². The van der Waals surface area contributed by atoms with E-state index in [0.717, 1.165) is 28.8 Å². The fourth-order valence-corrected chi connectivity index (χ4v) is 3.94. The van der Waals surface area contributed by atoms with Crippen LogP contribution in [0.5, 0.6) is 0 Å². The molecule has 0 unspecified atom stereocenters. The van der Waals surface area contributed by atoms with E-state index in [2.05, 4.69) is 20.1 Å². The molecule has 2 aromatic rings. The largest absolute Gasteiger partial charge is 0.435 e. The molecule has 0 saturated heterocycles. The Morgan fingerprint density at radius 1 is 1.23 bits per heavy atom. The van der Waals surface area contributed by atoms with Crippen molar-refractivity contribution in [3.8, 4) is 6.07 Å². The number of anilines is 1. The second-order valence-electron chi connectivity index (χ2n) is 7.77. The first-order valence-corrected chi connectivity index (χ1v) is 11.1. The molecule has 1 amide bonds. The number of aryl methyl sites for hydroxylation is 1. The van der Waals surface area contributed by atoms with Gasteiger partial charge in [0.15, 0.2) is 0 Å². The highest BCUT2D eigenvalue weighted by Gasteiger charge is 2.15. The third kappa shape index (κ3) is 6.68. The molecule has 0 atom stereocenters. The number of carbonyl (C=O) groups excluding carboxylic acids is 1. The van der Waals surface area contributed by atoms with Gasteiger partial charge in [-0.2, -0.15) is 5.26 Å². The van der Waals surface area contributed by atoms with E-state index in [1.165, 1.54) is 0 Å². The quantitative estimate of drug-likeness (QED) is 0.629. The van der Waals surface area contributed by atoms with Crippen LogP contribution in [0.2, 0.25) is 0 Å². The number of benzene rings is 2. The number of nitrogens with zero attached hydrogens (tertiary/aromatic N) is 3. The predicted octanol–water partition coefficient (Wildman–Crippen LogP) is 4.55. The Morgan fingerprint density at radius 2 is 1.90 bits per heavy atom. The molecule has 0 aromatic heterocycles. The molecule has 0 spiro atoms. The summed E-state index contributed by atoms with van der Waals surface area (Å²) in [6, 6.07) is 13.4. The van der Waals surface area contributed by atoms with Gasteiger partial charge in [-0.25, -0.2) is 0 Å². The molecule has 0 radical (unpaired) electrons. The summed E-state index contributed by atoms with van der Waals surface area (Å²) in [6.45, 7) is 6.86. The third-order valence-electron chi connectivity index (χ3n) is 4.68. The Labute approximate surface area is 181 Å². The number of carbonyl (C=O) groups is 1. The molecule has 0 aliphatic carbocycles. The molecule has 0 saturated carbocycles. The summed E-state index contributed by atoms with van der Waals surface area (Å²) in [7, 11) is 2.13. The van der Waals surface area contributed by atoms with Crippen molar-refractivity contribution in [2.45, 2.75) is 46.1 Å². The van der Waals surface area contributed by atoms with Crippen molar-refractivity contribution in [2.75, 3.05) is 18.8 Å². The second kappa shape index (κ2) is 10.9. The SMILES string of the molecule is CCc1cc(C#N)cc(C(C)C)c1CC(=O)N=[S-](=O)Nc1ccc(CN(C)C)cc1. The van der Waals surface area contributed by atoms with E-state index in [1.807, 2.05) is 71.3 Å². The molecular formula is C23H29N4O2S-. The van der Waals surface area contributed by atoms with Gasteiger partial charge in [0.05, 0.1) is 18.1 Å². The Bertz CT molecular complexity index is 1010. The molecule has 0 aliphatic heterocycles. The zero-order valence-electron chi connectivity index (χ0n) is 18.2. The molecule has 2 rings (SSSR count). The van der Waals surface area contributed by atoms with Gasteiger partial charge in [0.2, 0.25) is 5.91 Å². The Kier molecular flexibility index (Phi) is 8.58. The first kappa shape index (κ1) is 23.6. The van der Waals surface area contributed by atoms with Crippen LogP contribution < -0.4 is 4.72 Å². The van der Waals surface area contributed by atoms with Crippen LogP contribution in [0.15, 0.2) is 40.8 Å². The lowest BCUT2D eigenvalue weighted by Crippen LogP contribution is -2.10. The van der Waals surface area contributed by atoms with E-state index < -0.39 is 16.7 Å². The zero-order valence-corrected chi connectivity index (χ0v) is 19.0. The van der Waals surface area contributed by atoms with Gasteiger partial charge in [-0.05, 0) is 73.0 Å². The molecule has 0 bridgehead atoms.